The number of nitrogens with zero attached hydrogens (tertiary/aromatic N) is 1. The van der Waals surface area contributed by atoms with Crippen molar-refractivity contribution in [3.8, 4) is 0 Å². The Kier molecular flexibility index (Phi) is 5.30. The molecule has 0 spiro atoms. The molecule has 2 aliphatic carbocycles. The van der Waals surface area contributed by atoms with E-state index in [0.717, 1.165) is 24.5 Å². The zero-order valence-corrected chi connectivity index (χ0v) is 11.5. The molecule has 2 atom stereocenters. The number of nitrogens with two attached hydrogens (primary N) is 1. The van der Waals surface area contributed by atoms with Gasteiger partial charge >= 0.3 is 0 Å². The van der Waals surface area contributed by atoms with E-state index in [1.165, 1.54) is 64.3 Å². The number of rotatable bonds is 6. The molecule has 2 heteroatoms. The third-order valence-electron chi connectivity index (χ3n) is 4.63. The van der Waals surface area contributed by atoms with Crippen molar-refractivity contribution in [3.05, 3.63) is 0 Å². The van der Waals surface area contributed by atoms with Gasteiger partial charge in [-0.3, -0.25) is 4.90 Å². The van der Waals surface area contributed by atoms with E-state index < -0.39 is 0 Å². The highest BCUT2D eigenvalue weighted by Crippen LogP contribution is 2.35. The Morgan fingerprint density at radius 2 is 1.82 bits per heavy atom. The van der Waals surface area contributed by atoms with Gasteiger partial charge < -0.3 is 5.73 Å². The molecule has 0 aromatic rings. The van der Waals surface area contributed by atoms with Gasteiger partial charge in [-0.15, -0.1) is 0 Å². The van der Waals surface area contributed by atoms with Gasteiger partial charge in [0, 0.05) is 12.1 Å². The molecular weight excluding hydrogens is 208 g/mol. The van der Waals surface area contributed by atoms with Crippen molar-refractivity contribution >= 4 is 0 Å². The average molecular weight is 238 g/mol. The second-order valence-electron chi connectivity index (χ2n) is 6.02. The van der Waals surface area contributed by atoms with Crippen LogP contribution >= 0.6 is 0 Å². The maximum atomic E-state index is 6.02. The van der Waals surface area contributed by atoms with Crippen LogP contribution in [0, 0.1) is 5.92 Å². The van der Waals surface area contributed by atoms with E-state index in [9.17, 15) is 0 Å². The fourth-order valence-electron chi connectivity index (χ4n) is 3.44. The molecule has 0 saturated heterocycles. The van der Waals surface area contributed by atoms with Crippen LogP contribution in [0.15, 0.2) is 0 Å². The summed E-state index contributed by atoms with van der Waals surface area (Å²) >= 11 is 0. The Morgan fingerprint density at radius 3 is 2.47 bits per heavy atom. The van der Waals surface area contributed by atoms with E-state index in [0.29, 0.717) is 0 Å². The van der Waals surface area contributed by atoms with Crippen LogP contribution in [0.2, 0.25) is 0 Å². The van der Waals surface area contributed by atoms with E-state index in [4.69, 9.17) is 5.73 Å². The normalized spacial score (nSPS) is 30.5. The first-order chi connectivity index (χ1) is 8.36. The van der Waals surface area contributed by atoms with E-state index >= 15 is 0 Å². The van der Waals surface area contributed by atoms with Crippen LogP contribution in [0.25, 0.3) is 0 Å². The van der Waals surface area contributed by atoms with Crippen molar-refractivity contribution in [1.82, 2.24) is 4.90 Å². The largest absolute Gasteiger partial charge is 0.330 e. The van der Waals surface area contributed by atoms with Crippen LogP contribution in [-0.4, -0.2) is 30.1 Å². The molecule has 2 aliphatic rings. The lowest BCUT2D eigenvalue weighted by Gasteiger charge is -2.36. The van der Waals surface area contributed by atoms with Crippen LogP contribution < -0.4 is 5.73 Å². The zero-order chi connectivity index (χ0) is 12.1. The van der Waals surface area contributed by atoms with Crippen LogP contribution in [0.1, 0.15) is 64.7 Å². The summed E-state index contributed by atoms with van der Waals surface area (Å²) in [6, 6.07) is 1.72. The van der Waals surface area contributed by atoms with Crippen molar-refractivity contribution in [1.29, 1.82) is 0 Å². The average Bonchev–Trinajstić information content (AvgIpc) is 3.16. The van der Waals surface area contributed by atoms with Crippen LogP contribution in [0.4, 0.5) is 0 Å². The molecule has 0 radical (unpaired) electrons. The van der Waals surface area contributed by atoms with Crippen molar-refractivity contribution in [2.45, 2.75) is 76.8 Å². The highest BCUT2D eigenvalue weighted by molar-refractivity contribution is 4.92. The molecule has 17 heavy (non-hydrogen) atoms. The standard InChI is InChI=1S/C15H30N2/c1-2-3-11-17(14-9-10-14)15-8-6-4-5-7-13(15)12-16/h13-15H,2-12,16H2,1H3. The second kappa shape index (κ2) is 6.75. The summed E-state index contributed by atoms with van der Waals surface area (Å²) in [6.07, 6.45) is 12.6. The molecule has 100 valence electrons. The van der Waals surface area contributed by atoms with Gasteiger partial charge in [-0.05, 0) is 51.1 Å². The lowest BCUT2D eigenvalue weighted by atomic mass is 9.93. The van der Waals surface area contributed by atoms with Gasteiger partial charge in [0.15, 0.2) is 0 Å². The monoisotopic (exact) mass is 238 g/mol. The smallest absolute Gasteiger partial charge is 0.0138 e. The van der Waals surface area contributed by atoms with Crippen LogP contribution in [0.5, 0.6) is 0 Å². The number of hydrogen-bond donors (Lipinski definition) is 1. The lowest BCUT2D eigenvalue weighted by Crippen LogP contribution is -2.44. The first-order valence-corrected chi connectivity index (χ1v) is 7.82. The van der Waals surface area contributed by atoms with Gasteiger partial charge in [-0.25, -0.2) is 0 Å². The highest BCUT2D eigenvalue weighted by atomic mass is 15.2. The van der Waals surface area contributed by atoms with Crippen molar-refractivity contribution in [2.75, 3.05) is 13.1 Å². The predicted molar refractivity (Wildman–Crippen MR) is 74.1 cm³/mol. The SMILES string of the molecule is CCCCN(C1CC1)C1CCCCCC1CN. The minimum absolute atomic E-state index is 0.773. The fraction of sp³-hybridized carbons (Fsp3) is 1.00. The highest BCUT2D eigenvalue weighted by Gasteiger charge is 2.36. The lowest BCUT2D eigenvalue weighted by molar-refractivity contribution is 0.125. The van der Waals surface area contributed by atoms with Gasteiger partial charge in [-0.2, -0.15) is 0 Å². The minimum atomic E-state index is 0.773. The molecule has 2 nitrogen and oxygen atoms in total. The van der Waals surface area contributed by atoms with Gasteiger partial charge in [0.2, 0.25) is 0 Å². The van der Waals surface area contributed by atoms with Crippen molar-refractivity contribution in [2.24, 2.45) is 11.7 Å². The molecule has 0 heterocycles. The quantitative estimate of drug-likeness (QED) is 0.720. The molecule has 0 bridgehead atoms. The Balaban J connectivity index is 1.97. The number of hydrogen-bond acceptors (Lipinski definition) is 2. The van der Waals surface area contributed by atoms with Gasteiger partial charge in [0.1, 0.15) is 0 Å². The first-order valence-electron chi connectivity index (χ1n) is 7.82. The summed E-state index contributed by atoms with van der Waals surface area (Å²) in [5.41, 5.74) is 6.02. The molecule has 0 aromatic heterocycles. The Bertz CT molecular complexity index is 213. The van der Waals surface area contributed by atoms with Gasteiger partial charge in [0.05, 0.1) is 0 Å². The molecule has 2 rings (SSSR count). The molecule has 0 aromatic carbocycles. The maximum absolute atomic E-state index is 6.02. The fourth-order valence-corrected chi connectivity index (χ4v) is 3.44. The molecule has 0 amide bonds. The Labute approximate surface area is 107 Å². The summed E-state index contributed by atoms with van der Waals surface area (Å²) in [5, 5.41) is 0. The molecule has 2 N–H and O–H groups in total. The Hall–Kier alpha value is -0.0800. The van der Waals surface area contributed by atoms with E-state index in [2.05, 4.69) is 11.8 Å². The predicted octanol–water partition coefficient (Wildman–Crippen LogP) is 3.16. The van der Waals surface area contributed by atoms with Gasteiger partial charge in [0.25, 0.3) is 0 Å². The number of unbranched alkanes of at least 4 members (excludes halogenated alkanes) is 1. The van der Waals surface area contributed by atoms with Crippen LogP contribution in [0.3, 0.4) is 0 Å². The van der Waals surface area contributed by atoms with Gasteiger partial charge in [-0.1, -0.05) is 32.6 Å². The summed E-state index contributed by atoms with van der Waals surface area (Å²) in [4.78, 5) is 2.84. The molecule has 2 saturated carbocycles. The van der Waals surface area contributed by atoms with Crippen molar-refractivity contribution < 1.29 is 0 Å². The third kappa shape index (κ3) is 3.69. The maximum Gasteiger partial charge on any atom is 0.0138 e. The summed E-state index contributed by atoms with van der Waals surface area (Å²) in [5.74, 6) is 0.773. The molecule has 0 aliphatic heterocycles. The molecular formula is C15H30N2. The van der Waals surface area contributed by atoms with E-state index in [1.807, 2.05) is 0 Å². The van der Waals surface area contributed by atoms with E-state index in [-0.39, 0.29) is 0 Å². The third-order valence-corrected chi connectivity index (χ3v) is 4.63. The van der Waals surface area contributed by atoms with Crippen LogP contribution in [-0.2, 0) is 0 Å². The first kappa shape index (κ1) is 13.4. The topological polar surface area (TPSA) is 29.3 Å². The summed E-state index contributed by atoms with van der Waals surface area (Å²) < 4.78 is 0. The zero-order valence-electron chi connectivity index (χ0n) is 11.5. The second-order valence-corrected chi connectivity index (χ2v) is 6.02. The van der Waals surface area contributed by atoms with E-state index in [1.54, 1.807) is 0 Å². The summed E-state index contributed by atoms with van der Waals surface area (Å²) in [6.45, 7) is 4.53. The Morgan fingerprint density at radius 1 is 1.06 bits per heavy atom. The molecule has 2 fully saturated rings. The molecule has 2 unspecified atom stereocenters. The van der Waals surface area contributed by atoms with Crippen molar-refractivity contribution in [3.63, 3.8) is 0 Å². The minimum Gasteiger partial charge on any atom is -0.330 e. The summed E-state index contributed by atoms with van der Waals surface area (Å²) in [7, 11) is 0.